The minimum Gasteiger partial charge on any atom is -0.497 e. The third-order valence-electron chi connectivity index (χ3n) is 4.98. The SMILES string of the molecule is CCCCn1nc(NC(=O)c2ccc(OC)cc2)c2cc3cc(C)ccc3nc21. The van der Waals surface area contributed by atoms with Gasteiger partial charge in [0.2, 0.25) is 0 Å². The molecule has 0 spiro atoms. The summed E-state index contributed by atoms with van der Waals surface area (Å²) in [5.74, 6) is 1.04. The summed E-state index contributed by atoms with van der Waals surface area (Å²) in [5.41, 5.74) is 3.43. The van der Waals surface area contributed by atoms with Gasteiger partial charge < -0.3 is 10.1 Å². The van der Waals surface area contributed by atoms with E-state index in [4.69, 9.17) is 9.72 Å². The lowest BCUT2D eigenvalue weighted by atomic mass is 10.1. The molecule has 6 heteroatoms. The molecule has 0 fully saturated rings. The number of fused-ring (bicyclic) bond motifs is 2. The van der Waals surface area contributed by atoms with E-state index < -0.39 is 0 Å². The fourth-order valence-electron chi connectivity index (χ4n) is 3.36. The van der Waals surface area contributed by atoms with E-state index in [9.17, 15) is 4.79 Å². The smallest absolute Gasteiger partial charge is 0.256 e. The summed E-state index contributed by atoms with van der Waals surface area (Å²) in [6, 6.07) is 15.2. The summed E-state index contributed by atoms with van der Waals surface area (Å²) in [6.45, 7) is 4.96. The Morgan fingerprint density at radius 1 is 1.14 bits per heavy atom. The van der Waals surface area contributed by atoms with Crippen LogP contribution in [0.25, 0.3) is 21.9 Å². The van der Waals surface area contributed by atoms with Crippen LogP contribution in [0, 0.1) is 6.92 Å². The molecule has 0 unspecified atom stereocenters. The number of unbranched alkanes of at least 4 members (excludes halogenated alkanes) is 1. The molecule has 0 aliphatic rings. The number of methoxy groups -OCH3 is 1. The van der Waals surface area contributed by atoms with E-state index in [0.717, 1.165) is 41.3 Å². The molecule has 4 aromatic rings. The number of nitrogens with zero attached hydrogens (tertiary/aromatic N) is 3. The van der Waals surface area contributed by atoms with Crippen molar-refractivity contribution in [3.8, 4) is 5.75 Å². The lowest BCUT2D eigenvalue weighted by molar-refractivity contribution is 0.102. The van der Waals surface area contributed by atoms with Crippen LogP contribution in [-0.2, 0) is 6.54 Å². The number of ether oxygens (including phenoxy) is 1. The molecule has 0 bridgehead atoms. The predicted molar refractivity (Wildman–Crippen MR) is 116 cm³/mol. The molecule has 29 heavy (non-hydrogen) atoms. The number of nitrogens with one attached hydrogen (secondary N) is 1. The van der Waals surface area contributed by atoms with Crippen LogP contribution in [0.15, 0.2) is 48.5 Å². The first-order valence-electron chi connectivity index (χ1n) is 9.82. The number of benzene rings is 2. The zero-order valence-electron chi connectivity index (χ0n) is 16.9. The second kappa shape index (κ2) is 7.91. The fraction of sp³-hybridized carbons (Fsp3) is 0.261. The average Bonchev–Trinajstić information content (AvgIpc) is 3.06. The van der Waals surface area contributed by atoms with Gasteiger partial charge in [-0.2, -0.15) is 5.10 Å². The van der Waals surface area contributed by atoms with Gasteiger partial charge in [0.25, 0.3) is 5.91 Å². The molecule has 6 nitrogen and oxygen atoms in total. The van der Waals surface area contributed by atoms with Gasteiger partial charge >= 0.3 is 0 Å². The van der Waals surface area contributed by atoms with Crippen molar-refractivity contribution in [2.24, 2.45) is 0 Å². The largest absolute Gasteiger partial charge is 0.497 e. The lowest BCUT2D eigenvalue weighted by Crippen LogP contribution is -2.13. The van der Waals surface area contributed by atoms with E-state index in [2.05, 4.69) is 42.5 Å². The fourth-order valence-corrected chi connectivity index (χ4v) is 3.36. The number of aryl methyl sites for hydroxylation is 2. The van der Waals surface area contributed by atoms with Crippen molar-refractivity contribution in [3.63, 3.8) is 0 Å². The quantitative estimate of drug-likeness (QED) is 0.507. The number of hydrogen-bond donors (Lipinski definition) is 1. The zero-order chi connectivity index (χ0) is 20.4. The van der Waals surface area contributed by atoms with Gasteiger partial charge in [-0.05, 0) is 55.8 Å². The predicted octanol–water partition coefficient (Wildman–Crippen LogP) is 4.95. The molecule has 1 amide bonds. The van der Waals surface area contributed by atoms with Gasteiger partial charge in [0.15, 0.2) is 11.5 Å². The number of pyridine rings is 1. The standard InChI is InChI=1S/C23H24N4O2/c1-4-5-12-27-22-19(14-17-13-15(2)6-11-20(17)24-22)21(26-27)25-23(28)16-7-9-18(29-3)10-8-16/h6-11,13-14H,4-5,12H2,1-3H3,(H,25,26,28). The van der Waals surface area contributed by atoms with E-state index in [0.29, 0.717) is 17.1 Å². The first kappa shape index (κ1) is 18.9. The molecule has 1 N–H and O–H groups in total. The van der Waals surface area contributed by atoms with Crippen LogP contribution in [-0.4, -0.2) is 27.8 Å². The van der Waals surface area contributed by atoms with Crippen molar-refractivity contribution in [1.82, 2.24) is 14.8 Å². The van der Waals surface area contributed by atoms with Gasteiger partial charge in [-0.3, -0.25) is 4.79 Å². The highest BCUT2D eigenvalue weighted by molar-refractivity contribution is 6.08. The molecule has 0 aliphatic heterocycles. The van der Waals surface area contributed by atoms with E-state index in [1.54, 1.807) is 31.4 Å². The minimum absolute atomic E-state index is 0.209. The number of aromatic nitrogens is 3. The summed E-state index contributed by atoms with van der Waals surface area (Å²) in [7, 11) is 1.60. The Bertz CT molecular complexity index is 1180. The molecule has 0 aliphatic carbocycles. The zero-order valence-corrected chi connectivity index (χ0v) is 16.9. The first-order chi connectivity index (χ1) is 14.1. The monoisotopic (exact) mass is 388 g/mol. The maximum atomic E-state index is 12.8. The maximum Gasteiger partial charge on any atom is 0.256 e. The van der Waals surface area contributed by atoms with Crippen molar-refractivity contribution in [2.45, 2.75) is 33.2 Å². The molecule has 0 radical (unpaired) electrons. The molecule has 4 rings (SSSR count). The molecule has 2 aromatic heterocycles. The van der Waals surface area contributed by atoms with Crippen molar-refractivity contribution in [2.75, 3.05) is 12.4 Å². The third-order valence-corrected chi connectivity index (χ3v) is 4.98. The van der Waals surface area contributed by atoms with Gasteiger partial charge in [0, 0.05) is 17.5 Å². The number of amides is 1. The molecule has 2 heterocycles. The normalized spacial score (nSPS) is 11.1. The van der Waals surface area contributed by atoms with Crippen LogP contribution in [0.1, 0.15) is 35.7 Å². The van der Waals surface area contributed by atoms with Crippen molar-refractivity contribution >= 4 is 33.7 Å². The van der Waals surface area contributed by atoms with E-state index >= 15 is 0 Å². The Morgan fingerprint density at radius 2 is 1.93 bits per heavy atom. The highest BCUT2D eigenvalue weighted by Gasteiger charge is 2.16. The van der Waals surface area contributed by atoms with Gasteiger partial charge in [0.1, 0.15) is 5.75 Å². The van der Waals surface area contributed by atoms with E-state index in [-0.39, 0.29) is 5.91 Å². The van der Waals surface area contributed by atoms with Gasteiger partial charge in [-0.25, -0.2) is 9.67 Å². The van der Waals surface area contributed by atoms with Crippen molar-refractivity contribution in [1.29, 1.82) is 0 Å². The second-order valence-corrected chi connectivity index (χ2v) is 7.16. The summed E-state index contributed by atoms with van der Waals surface area (Å²) in [5, 5.41) is 9.52. The molecular formula is C23H24N4O2. The van der Waals surface area contributed by atoms with Crippen LogP contribution in [0.2, 0.25) is 0 Å². The number of carbonyl (C=O) groups excluding carboxylic acids is 1. The van der Waals surface area contributed by atoms with Crippen LogP contribution in [0.4, 0.5) is 5.82 Å². The Labute approximate surface area is 169 Å². The number of rotatable bonds is 6. The van der Waals surface area contributed by atoms with Crippen LogP contribution < -0.4 is 10.1 Å². The summed E-state index contributed by atoms with van der Waals surface area (Å²) >= 11 is 0. The highest BCUT2D eigenvalue weighted by atomic mass is 16.5. The Balaban J connectivity index is 1.76. The topological polar surface area (TPSA) is 69.0 Å². The number of hydrogen-bond acceptors (Lipinski definition) is 4. The first-order valence-corrected chi connectivity index (χ1v) is 9.82. The van der Waals surface area contributed by atoms with Gasteiger partial charge in [-0.15, -0.1) is 0 Å². The number of anilines is 1. The molecule has 148 valence electrons. The summed E-state index contributed by atoms with van der Waals surface area (Å²) in [4.78, 5) is 17.6. The van der Waals surface area contributed by atoms with Crippen molar-refractivity contribution < 1.29 is 9.53 Å². The van der Waals surface area contributed by atoms with Gasteiger partial charge in [-0.1, -0.05) is 25.0 Å². The second-order valence-electron chi connectivity index (χ2n) is 7.16. The minimum atomic E-state index is -0.209. The molecule has 2 aromatic carbocycles. The van der Waals surface area contributed by atoms with E-state index in [1.807, 2.05) is 10.7 Å². The van der Waals surface area contributed by atoms with Crippen LogP contribution in [0.5, 0.6) is 5.75 Å². The number of carbonyl (C=O) groups is 1. The Morgan fingerprint density at radius 3 is 2.66 bits per heavy atom. The highest BCUT2D eigenvalue weighted by Crippen LogP contribution is 2.27. The van der Waals surface area contributed by atoms with E-state index in [1.165, 1.54) is 5.56 Å². The van der Waals surface area contributed by atoms with Crippen LogP contribution >= 0.6 is 0 Å². The lowest BCUT2D eigenvalue weighted by Gasteiger charge is -2.04. The Hall–Kier alpha value is -3.41. The van der Waals surface area contributed by atoms with Crippen LogP contribution in [0.3, 0.4) is 0 Å². The summed E-state index contributed by atoms with van der Waals surface area (Å²) in [6.07, 6.45) is 2.05. The Kier molecular flexibility index (Phi) is 5.16. The molecule has 0 atom stereocenters. The average molecular weight is 388 g/mol. The maximum absolute atomic E-state index is 12.8. The van der Waals surface area contributed by atoms with Gasteiger partial charge in [0.05, 0.1) is 18.0 Å². The van der Waals surface area contributed by atoms with Crippen molar-refractivity contribution in [3.05, 3.63) is 59.7 Å². The molecule has 0 saturated heterocycles. The molecular weight excluding hydrogens is 364 g/mol. The molecule has 0 saturated carbocycles. The third kappa shape index (κ3) is 3.78. The summed E-state index contributed by atoms with van der Waals surface area (Å²) < 4.78 is 7.05.